The first kappa shape index (κ1) is 22.3. The maximum Gasteiger partial charge on any atom is 0.342 e. The van der Waals surface area contributed by atoms with E-state index < -0.39 is 51.0 Å². The fourth-order valence-corrected chi connectivity index (χ4v) is 4.39. The zero-order valence-corrected chi connectivity index (χ0v) is 17.5. The Morgan fingerprint density at radius 1 is 1.26 bits per heavy atom. The first-order chi connectivity index (χ1) is 14.6. The summed E-state index contributed by atoms with van der Waals surface area (Å²) in [5, 5.41) is 19.0. The van der Waals surface area contributed by atoms with Crippen LogP contribution in [0.5, 0.6) is 11.5 Å². The molecular formula is C21H20FNO7S. The van der Waals surface area contributed by atoms with Gasteiger partial charge < -0.3 is 24.2 Å². The van der Waals surface area contributed by atoms with E-state index in [4.69, 9.17) is 14.3 Å². The summed E-state index contributed by atoms with van der Waals surface area (Å²) in [4.78, 5) is 11.0. The summed E-state index contributed by atoms with van der Waals surface area (Å²) in [7, 11) is -3.44. The summed E-state index contributed by atoms with van der Waals surface area (Å²) in [5.41, 5.74) is -0.239. The van der Waals surface area contributed by atoms with E-state index in [0.29, 0.717) is 0 Å². The number of aliphatic hydroxyl groups is 1. The van der Waals surface area contributed by atoms with Gasteiger partial charge in [-0.15, -0.1) is 0 Å². The van der Waals surface area contributed by atoms with Crippen molar-refractivity contribution >= 4 is 27.6 Å². The molecule has 0 saturated heterocycles. The molecule has 2 atom stereocenters. The lowest BCUT2D eigenvalue weighted by atomic mass is 9.93. The minimum absolute atomic E-state index is 0.00347. The van der Waals surface area contributed by atoms with Crippen molar-refractivity contribution in [3.63, 3.8) is 0 Å². The first-order valence-electron chi connectivity index (χ1n) is 9.17. The summed E-state index contributed by atoms with van der Waals surface area (Å²) < 4.78 is 55.3. The van der Waals surface area contributed by atoms with Crippen molar-refractivity contribution in [1.29, 1.82) is 5.41 Å². The Balaban J connectivity index is 2.09. The van der Waals surface area contributed by atoms with Gasteiger partial charge in [-0.2, -0.15) is 8.42 Å². The number of para-hydroxylation sites is 1. The zero-order valence-electron chi connectivity index (χ0n) is 16.7. The number of hydrogen-bond donors (Lipinski definition) is 2. The van der Waals surface area contributed by atoms with E-state index in [1.807, 2.05) is 0 Å². The van der Waals surface area contributed by atoms with Gasteiger partial charge in [0.05, 0.1) is 19.1 Å². The van der Waals surface area contributed by atoms with E-state index in [-0.39, 0.29) is 22.8 Å². The lowest BCUT2D eigenvalue weighted by Gasteiger charge is -2.32. The molecule has 2 unspecified atom stereocenters. The highest BCUT2D eigenvalue weighted by Gasteiger charge is 2.43. The number of aliphatic hydroxyl groups excluding tert-OH is 1. The van der Waals surface area contributed by atoms with Gasteiger partial charge in [0.25, 0.3) is 0 Å². The number of nitrogens with one attached hydrogen (secondary N) is 1. The lowest BCUT2D eigenvalue weighted by molar-refractivity contribution is -0.139. The van der Waals surface area contributed by atoms with Crippen LogP contribution in [0.2, 0.25) is 0 Å². The first-order valence-corrected chi connectivity index (χ1v) is 10.6. The molecule has 8 nitrogen and oxygen atoms in total. The van der Waals surface area contributed by atoms with Gasteiger partial charge in [-0.3, -0.25) is 4.79 Å². The predicted molar refractivity (Wildman–Crippen MR) is 110 cm³/mol. The molecule has 2 aromatic rings. The van der Waals surface area contributed by atoms with Crippen molar-refractivity contribution < 1.29 is 36.4 Å². The van der Waals surface area contributed by atoms with Gasteiger partial charge in [-0.1, -0.05) is 25.1 Å². The molecule has 0 fully saturated rings. The fourth-order valence-electron chi connectivity index (χ4n) is 3.06. The van der Waals surface area contributed by atoms with Crippen LogP contribution in [0, 0.1) is 17.1 Å². The molecule has 3 rings (SSSR count). The molecule has 31 heavy (non-hydrogen) atoms. The van der Waals surface area contributed by atoms with E-state index in [1.165, 1.54) is 25.1 Å². The maximum absolute atomic E-state index is 13.7. The number of esters is 1. The smallest absolute Gasteiger partial charge is 0.342 e. The number of ether oxygens (including phenoxy) is 2. The average Bonchev–Trinajstić information content (AvgIpc) is 2.72. The third kappa shape index (κ3) is 4.69. The highest BCUT2D eigenvalue weighted by Crippen LogP contribution is 2.40. The number of methoxy groups -OCH3 is 1. The van der Waals surface area contributed by atoms with Gasteiger partial charge in [0.2, 0.25) is 0 Å². The molecule has 0 bridgehead atoms. The van der Waals surface area contributed by atoms with Crippen LogP contribution in [-0.4, -0.2) is 38.4 Å². The highest BCUT2D eigenvalue weighted by molar-refractivity contribution is 7.91. The number of carbonyl (C=O) groups is 1. The molecule has 0 spiro atoms. The van der Waals surface area contributed by atoms with E-state index in [9.17, 15) is 22.7 Å². The second-order valence-corrected chi connectivity index (χ2v) is 8.32. The van der Waals surface area contributed by atoms with Crippen LogP contribution in [0.3, 0.4) is 0 Å². The summed E-state index contributed by atoms with van der Waals surface area (Å²) >= 11 is 0. The molecular weight excluding hydrogens is 429 g/mol. The van der Waals surface area contributed by atoms with E-state index in [2.05, 4.69) is 4.74 Å². The molecule has 0 aromatic heterocycles. The van der Waals surface area contributed by atoms with Crippen LogP contribution in [0.4, 0.5) is 4.39 Å². The number of rotatable bonds is 7. The molecule has 1 heterocycles. The Labute approximate surface area is 178 Å². The monoisotopic (exact) mass is 449 g/mol. The van der Waals surface area contributed by atoms with Crippen LogP contribution in [0.15, 0.2) is 53.4 Å². The quantitative estimate of drug-likeness (QED) is 0.377. The maximum atomic E-state index is 13.7. The SMILES string of the molecule is COC(=O)CC(=N)C(C)C1Oc2cc(F)ccc2C(O)=C1S(=O)(=O)Oc1ccccc1. The van der Waals surface area contributed by atoms with Crippen LogP contribution in [-0.2, 0) is 19.6 Å². The van der Waals surface area contributed by atoms with Crippen molar-refractivity contribution in [1.82, 2.24) is 0 Å². The fraction of sp³-hybridized carbons (Fsp3) is 0.238. The average molecular weight is 449 g/mol. The van der Waals surface area contributed by atoms with Gasteiger partial charge in [-0.05, 0) is 24.3 Å². The van der Waals surface area contributed by atoms with Gasteiger partial charge in [0.15, 0.2) is 4.91 Å². The molecule has 1 aliphatic heterocycles. The molecule has 0 aliphatic carbocycles. The standard InChI is InChI=1S/C21H20FNO7S/c1-12(16(23)11-18(24)28-2)20-21(31(26,27)30-14-6-4-3-5-7-14)19(25)15-9-8-13(22)10-17(15)29-20/h3-10,12,20,23,25H,11H2,1-2H3. The summed E-state index contributed by atoms with van der Waals surface area (Å²) in [6.07, 6.45) is -1.86. The molecule has 2 N–H and O–H groups in total. The third-order valence-corrected chi connectivity index (χ3v) is 6.11. The van der Waals surface area contributed by atoms with Crippen LogP contribution in [0.25, 0.3) is 5.76 Å². The van der Waals surface area contributed by atoms with Crippen LogP contribution < -0.4 is 8.92 Å². The van der Waals surface area contributed by atoms with Crippen LogP contribution in [0.1, 0.15) is 18.9 Å². The van der Waals surface area contributed by atoms with Crippen molar-refractivity contribution in [2.45, 2.75) is 19.4 Å². The molecule has 0 saturated carbocycles. The minimum Gasteiger partial charge on any atom is -0.506 e. The zero-order chi connectivity index (χ0) is 22.8. The second kappa shape index (κ2) is 8.76. The number of fused-ring (bicyclic) bond motifs is 1. The Morgan fingerprint density at radius 3 is 2.58 bits per heavy atom. The minimum atomic E-state index is -4.60. The summed E-state index contributed by atoms with van der Waals surface area (Å²) in [5.74, 6) is -3.13. The van der Waals surface area contributed by atoms with E-state index >= 15 is 0 Å². The number of carbonyl (C=O) groups excluding carboxylic acids is 1. The molecule has 0 amide bonds. The third-order valence-electron chi connectivity index (χ3n) is 4.73. The summed E-state index contributed by atoms with van der Waals surface area (Å²) in [6.45, 7) is 1.45. The molecule has 164 valence electrons. The van der Waals surface area contributed by atoms with Crippen molar-refractivity contribution in [2.24, 2.45) is 5.92 Å². The van der Waals surface area contributed by atoms with Crippen molar-refractivity contribution in [2.75, 3.05) is 7.11 Å². The number of halogens is 1. The van der Waals surface area contributed by atoms with Gasteiger partial charge in [0.1, 0.15) is 29.2 Å². The Kier molecular flexibility index (Phi) is 6.30. The second-order valence-electron chi connectivity index (χ2n) is 6.81. The lowest BCUT2D eigenvalue weighted by Crippen LogP contribution is -2.39. The number of hydrogen-bond acceptors (Lipinski definition) is 8. The Hall–Kier alpha value is -3.40. The van der Waals surface area contributed by atoms with E-state index in [1.54, 1.807) is 18.2 Å². The molecule has 1 aliphatic rings. The molecule has 0 radical (unpaired) electrons. The Bertz CT molecular complexity index is 1150. The highest BCUT2D eigenvalue weighted by atomic mass is 32.2. The molecule has 2 aromatic carbocycles. The predicted octanol–water partition coefficient (Wildman–Crippen LogP) is 3.44. The van der Waals surface area contributed by atoms with Gasteiger partial charge >= 0.3 is 16.1 Å². The van der Waals surface area contributed by atoms with Gasteiger partial charge in [0, 0.05) is 17.7 Å². The number of benzene rings is 2. The van der Waals surface area contributed by atoms with E-state index in [0.717, 1.165) is 19.2 Å². The normalized spacial score (nSPS) is 16.7. The topological polar surface area (TPSA) is 123 Å². The molecule has 10 heteroatoms. The Morgan fingerprint density at radius 2 is 1.94 bits per heavy atom. The van der Waals surface area contributed by atoms with Crippen molar-refractivity contribution in [3.8, 4) is 11.5 Å². The largest absolute Gasteiger partial charge is 0.506 e. The summed E-state index contributed by atoms with van der Waals surface area (Å²) in [6, 6.07) is 10.9. The van der Waals surface area contributed by atoms with Crippen LogP contribution >= 0.6 is 0 Å². The van der Waals surface area contributed by atoms with Crippen molar-refractivity contribution in [3.05, 3.63) is 64.8 Å². The van der Waals surface area contributed by atoms with Gasteiger partial charge in [-0.25, -0.2) is 4.39 Å².